The quantitative estimate of drug-likeness (QED) is 0.590. The molecular weight excluding hydrogens is 192 g/mol. The second-order valence-corrected chi connectivity index (χ2v) is 3.96. The van der Waals surface area contributed by atoms with Gasteiger partial charge in [-0.3, -0.25) is 9.69 Å². The molecule has 0 spiro atoms. The summed E-state index contributed by atoms with van der Waals surface area (Å²) in [6.45, 7) is 6.13. The molecule has 0 aliphatic rings. The van der Waals surface area contributed by atoms with E-state index in [0.29, 0.717) is 6.61 Å². The van der Waals surface area contributed by atoms with Gasteiger partial charge in [-0.25, -0.2) is 0 Å². The van der Waals surface area contributed by atoms with Crippen molar-refractivity contribution in [3.63, 3.8) is 0 Å². The number of likely N-dealkylation sites (N-methyl/N-ethyl adjacent to an activating group) is 2. The largest absolute Gasteiger partial charge is 0.465 e. The van der Waals surface area contributed by atoms with Crippen molar-refractivity contribution in [2.24, 2.45) is 0 Å². The van der Waals surface area contributed by atoms with Gasteiger partial charge in [0.25, 0.3) is 0 Å². The van der Waals surface area contributed by atoms with Gasteiger partial charge in [-0.1, -0.05) is 6.92 Å². The van der Waals surface area contributed by atoms with Gasteiger partial charge in [0.05, 0.1) is 6.61 Å². The molecule has 4 nitrogen and oxygen atoms in total. The number of rotatable bonds is 7. The van der Waals surface area contributed by atoms with E-state index in [0.717, 1.165) is 19.5 Å². The minimum atomic E-state index is -0.110. The van der Waals surface area contributed by atoms with Gasteiger partial charge >= 0.3 is 5.97 Å². The zero-order chi connectivity index (χ0) is 11.8. The second-order valence-electron chi connectivity index (χ2n) is 3.96. The van der Waals surface area contributed by atoms with E-state index >= 15 is 0 Å². The van der Waals surface area contributed by atoms with Crippen LogP contribution in [0, 0.1) is 0 Å². The molecule has 1 unspecified atom stereocenters. The van der Waals surface area contributed by atoms with Crippen molar-refractivity contribution in [3.8, 4) is 0 Å². The zero-order valence-electron chi connectivity index (χ0n) is 10.6. The van der Waals surface area contributed by atoms with Crippen LogP contribution in [0.25, 0.3) is 0 Å². The van der Waals surface area contributed by atoms with Crippen molar-refractivity contribution in [1.29, 1.82) is 0 Å². The molecule has 0 aromatic carbocycles. The second kappa shape index (κ2) is 7.65. The van der Waals surface area contributed by atoms with Gasteiger partial charge in [0, 0.05) is 13.1 Å². The fourth-order valence-corrected chi connectivity index (χ4v) is 1.41. The van der Waals surface area contributed by atoms with E-state index in [1.165, 1.54) is 0 Å². The van der Waals surface area contributed by atoms with Gasteiger partial charge < -0.3 is 9.64 Å². The van der Waals surface area contributed by atoms with E-state index in [1.807, 2.05) is 35.0 Å². The van der Waals surface area contributed by atoms with Gasteiger partial charge in [-0.05, 0) is 34.5 Å². The van der Waals surface area contributed by atoms with Crippen molar-refractivity contribution in [2.45, 2.75) is 26.3 Å². The van der Waals surface area contributed by atoms with Crippen molar-refractivity contribution < 1.29 is 9.53 Å². The summed E-state index contributed by atoms with van der Waals surface area (Å²) < 4.78 is 5.03. The molecule has 90 valence electrons. The SMILES string of the molecule is CCOC(=O)C(CC)N(C)CCN(C)C. The highest BCUT2D eigenvalue weighted by Crippen LogP contribution is 2.04. The third-order valence-electron chi connectivity index (χ3n) is 2.38. The summed E-state index contributed by atoms with van der Waals surface area (Å²) >= 11 is 0. The maximum atomic E-state index is 11.6. The maximum Gasteiger partial charge on any atom is 0.323 e. The molecule has 0 N–H and O–H groups in total. The molecule has 0 amide bonds. The molecule has 0 aromatic rings. The van der Waals surface area contributed by atoms with Gasteiger partial charge in [0.1, 0.15) is 6.04 Å². The third kappa shape index (κ3) is 5.74. The number of carbonyl (C=O) groups is 1. The Morgan fingerprint density at radius 1 is 1.20 bits per heavy atom. The lowest BCUT2D eigenvalue weighted by Gasteiger charge is -2.26. The Kier molecular flexibility index (Phi) is 7.34. The van der Waals surface area contributed by atoms with Gasteiger partial charge in [-0.15, -0.1) is 0 Å². The number of carbonyl (C=O) groups excluding carboxylic acids is 1. The van der Waals surface area contributed by atoms with Crippen LogP contribution in [0.5, 0.6) is 0 Å². The van der Waals surface area contributed by atoms with Crippen molar-refractivity contribution >= 4 is 5.97 Å². The lowest BCUT2D eigenvalue weighted by Crippen LogP contribution is -2.42. The Hall–Kier alpha value is -0.610. The van der Waals surface area contributed by atoms with E-state index in [4.69, 9.17) is 4.74 Å². The number of esters is 1. The number of ether oxygens (including phenoxy) is 1. The first-order valence-electron chi connectivity index (χ1n) is 5.54. The maximum absolute atomic E-state index is 11.6. The van der Waals surface area contributed by atoms with Crippen LogP contribution in [0.3, 0.4) is 0 Å². The summed E-state index contributed by atoms with van der Waals surface area (Å²) in [5, 5.41) is 0. The Morgan fingerprint density at radius 3 is 2.20 bits per heavy atom. The van der Waals surface area contributed by atoms with Crippen LogP contribution >= 0.6 is 0 Å². The molecule has 0 aliphatic carbocycles. The number of nitrogens with zero attached hydrogens (tertiary/aromatic N) is 2. The van der Waals surface area contributed by atoms with Gasteiger partial charge in [0.2, 0.25) is 0 Å². The van der Waals surface area contributed by atoms with Crippen LogP contribution in [-0.2, 0) is 9.53 Å². The number of hydrogen-bond acceptors (Lipinski definition) is 4. The van der Waals surface area contributed by atoms with Gasteiger partial charge in [-0.2, -0.15) is 0 Å². The first-order chi connectivity index (χ1) is 7.02. The average molecular weight is 216 g/mol. The molecule has 1 atom stereocenters. The summed E-state index contributed by atoms with van der Waals surface area (Å²) in [4.78, 5) is 15.7. The first kappa shape index (κ1) is 14.4. The Morgan fingerprint density at radius 2 is 1.80 bits per heavy atom. The fourth-order valence-electron chi connectivity index (χ4n) is 1.41. The van der Waals surface area contributed by atoms with Crippen molar-refractivity contribution in [3.05, 3.63) is 0 Å². The molecule has 0 saturated heterocycles. The van der Waals surface area contributed by atoms with Crippen LogP contribution in [-0.4, -0.2) is 62.7 Å². The predicted octanol–water partition coefficient (Wildman–Crippen LogP) is 0.821. The molecule has 0 saturated carbocycles. The molecule has 4 heteroatoms. The van der Waals surface area contributed by atoms with Gasteiger partial charge in [0.15, 0.2) is 0 Å². The van der Waals surface area contributed by atoms with Crippen molar-refractivity contribution in [1.82, 2.24) is 9.80 Å². The molecule has 0 fully saturated rings. The molecule has 0 aromatic heterocycles. The summed E-state index contributed by atoms with van der Waals surface area (Å²) in [5.74, 6) is -0.110. The molecular formula is C11H24N2O2. The van der Waals surface area contributed by atoms with E-state index in [2.05, 4.69) is 9.80 Å². The normalized spacial score (nSPS) is 13.3. The number of hydrogen-bond donors (Lipinski definition) is 0. The van der Waals surface area contributed by atoms with Crippen LogP contribution in [0.15, 0.2) is 0 Å². The Bertz CT molecular complexity index is 183. The summed E-state index contributed by atoms with van der Waals surface area (Å²) in [5.41, 5.74) is 0. The average Bonchev–Trinajstić information content (AvgIpc) is 2.16. The fraction of sp³-hybridized carbons (Fsp3) is 0.909. The standard InChI is InChI=1S/C11H24N2O2/c1-6-10(11(14)15-7-2)13(5)9-8-12(3)4/h10H,6-9H2,1-5H3. The monoisotopic (exact) mass is 216 g/mol. The van der Waals surface area contributed by atoms with Crippen LogP contribution in [0.1, 0.15) is 20.3 Å². The van der Waals surface area contributed by atoms with Crippen LogP contribution in [0.4, 0.5) is 0 Å². The Labute approximate surface area is 93.2 Å². The lowest BCUT2D eigenvalue weighted by molar-refractivity contribution is -0.149. The summed E-state index contributed by atoms with van der Waals surface area (Å²) in [6.07, 6.45) is 0.794. The Balaban J connectivity index is 4.08. The highest BCUT2D eigenvalue weighted by atomic mass is 16.5. The summed E-state index contributed by atoms with van der Waals surface area (Å²) in [7, 11) is 6.02. The molecule has 0 heterocycles. The van der Waals surface area contributed by atoms with E-state index in [-0.39, 0.29) is 12.0 Å². The summed E-state index contributed by atoms with van der Waals surface area (Å²) in [6, 6.07) is -0.107. The highest BCUT2D eigenvalue weighted by Gasteiger charge is 2.21. The molecule has 15 heavy (non-hydrogen) atoms. The molecule has 0 rings (SSSR count). The van der Waals surface area contributed by atoms with E-state index in [1.54, 1.807) is 0 Å². The zero-order valence-corrected chi connectivity index (χ0v) is 10.6. The van der Waals surface area contributed by atoms with Crippen LogP contribution < -0.4 is 0 Å². The first-order valence-corrected chi connectivity index (χ1v) is 5.54. The molecule has 0 bridgehead atoms. The van der Waals surface area contributed by atoms with E-state index in [9.17, 15) is 4.79 Å². The smallest absolute Gasteiger partial charge is 0.323 e. The predicted molar refractivity (Wildman–Crippen MR) is 61.9 cm³/mol. The third-order valence-corrected chi connectivity index (χ3v) is 2.38. The lowest BCUT2D eigenvalue weighted by atomic mass is 10.2. The highest BCUT2D eigenvalue weighted by molar-refractivity contribution is 5.75. The van der Waals surface area contributed by atoms with Crippen molar-refractivity contribution in [2.75, 3.05) is 40.8 Å². The topological polar surface area (TPSA) is 32.8 Å². The van der Waals surface area contributed by atoms with E-state index < -0.39 is 0 Å². The molecule has 0 radical (unpaired) electrons. The minimum absolute atomic E-state index is 0.107. The molecule has 0 aliphatic heterocycles. The minimum Gasteiger partial charge on any atom is -0.465 e. The van der Waals surface area contributed by atoms with Crippen LogP contribution in [0.2, 0.25) is 0 Å².